The number of carbonyl (C=O) groups is 1. The van der Waals surface area contributed by atoms with Crippen LogP contribution in [-0.2, 0) is 14.8 Å². The maximum atomic E-state index is 12.8. The minimum atomic E-state index is -4.10. The van der Waals surface area contributed by atoms with E-state index in [1.807, 2.05) is 6.92 Å². The predicted molar refractivity (Wildman–Crippen MR) is 90.6 cm³/mol. The van der Waals surface area contributed by atoms with E-state index in [4.69, 9.17) is 4.74 Å². The fraction of sp³-hybridized carbons (Fsp3) is 0.438. The molecular weight excluding hydrogens is 332 g/mol. The highest BCUT2D eigenvalue weighted by Crippen LogP contribution is 2.18. The highest BCUT2D eigenvalue weighted by atomic mass is 32.2. The van der Waals surface area contributed by atoms with Crippen molar-refractivity contribution in [2.24, 2.45) is 0 Å². The summed E-state index contributed by atoms with van der Waals surface area (Å²) in [6, 6.07) is 5.09. The third-order valence-corrected chi connectivity index (χ3v) is 4.69. The summed E-state index contributed by atoms with van der Waals surface area (Å²) in [6.07, 6.45) is 0.279. The summed E-state index contributed by atoms with van der Waals surface area (Å²) < 4.78 is 31.3. The van der Waals surface area contributed by atoms with E-state index in [0.717, 1.165) is 5.56 Å². The molecule has 1 atom stereocenters. The summed E-state index contributed by atoms with van der Waals surface area (Å²) in [5.74, 6) is 0. The number of amides is 1. The van der Waals surface area contributed by atoms with Gasteiger partial charge in [0.2, 0.25) is 0 Å². The van der Waals surface area contributed by atoms with Crippen LogP contribution in [0.15, 0.2) is 41.8 Å². The summed E-state index contributed by atoms with van der Waals surface area (Å²) in [4.78, 5) is 12.0. The molecule has 0 aliphatic heterocycles. The molecule has 1 unspecified atom stereocenters. The maximum Gasteiger partial charge on any atom is 0.423 e. The molecule has 0 aliphatic carbocycles. The Morgan fingerprint density at radius 2 is 1.92 bits per heavy atom. The van der Waals surface area contributed by atoms with Crippen molar-refractivity contribution in [3.63, 3.8) is 0 Å². The largest absolute Gasteiger partial charge is 0.443 e. The molecular formula is C16H24N2O5S. The molecule has 0 aromatic heterocycles. The average molecular weight is 356 g/mol. The fourth-order valence-electron chi connectivity index (χ4n) is 1.78. The number of ether oxygens (including phenoxy) is 1. The lowest BCUT2D eigenvalue weighted by Crippen LogP contribution is -2.53. The van der Waals surface area contributed by atoms with Gasteiger partial charge in [0.25, 0.3) is 10.0 Å². The monoisotopic (exact) mass is 356 g/mol. The second-order valence-corrected chi connectivity index (χ2v) is 8.03. The van der Waals surface area contributed by atoms with Gasteiger partial charge in [-0.25, -0.2) is 18.6 Å². The van der Waals surface area contributed by atoms with Crippen molar-refractivity contribution < 1.29 is 23.1 Å². The van der Waals surface area contributed by atoms with Gasteiger partial charge in [-0.15, -0.1) is 6.58 Å². The van der Waals surface area contributed by atoms with Crippen LogP contribution in [0.5, 0.6) is 0 Å². The summed E-state index contributed by atoms with van der Waals surface area (Å²) in [5, 5.41) is 9.43. The number of benzene rings is 1. The van der Waals surface area contributed by atoms with Gasteiger partial charge in [0.15, 0.2) is 0 Å². The first-order valence-electron chi connectivity index (χ1n) is 7.35. The number of aliphatic hydroxyl groups is 1. The molecule has 8 heteroatoms. The SMILES string of the molecule is C=CC(CO)N(NC(=O)OC(C)(C)C)S(=O)(=O)c1ccc(C)cc1. The van der Waals surface area contributed by atoms with E-state index in [-0.39, 0.29) is 4.90 Å². The number of sulfonamides is 1. The molecule has 0 saturated carbocycles. The van der Waals surface area contributed by atoms with E-state index in [9.17, 15) is 18.3 Å². The van der Waals surface area contributed by atoms with Crippen LogP contribution in [0.3, 0.4) is 0 Å². The second kappa shape index (κ2) is 7.78. The van der Waals surface area contributed by atoms with Gasteiger partial charge >= 0.3 is 6.09 Å². The molecule has 1 rings (SSSR count). The first-order valence-corrected chi connectivity index (χ1v) is 8.79. The summed E-state index contributed by atoms with van der Waals surface area (Å²) in [5.41, 5.74) is 2.27. The Morgan fingerprint density at radius 1 is 1.38 bits per heavy atom. The van der Waals surface area contributed by atoms with Crippen LogP contribution in [0.1, 0.15) is 26.3 Å². The molecule has 0 radical (unpaired) electrons. The molecule has 24 heavy (non-hydrogen) atoms. The quantitative estimate of drug-likeness (QED) is 0.600. The van der Waals surface area contributed by atoms with Gasteiger partial charge in [0.05, 0.1) is 17.5 Å². The number of rotatable bonds is 6. The normalized spacial score (nSPS) is 13.4. The van der Waals surface area contributed by atoms with Crippen molar-refractivity contribution in [3.05, 3.63) is 42.5 Å². The highest BCUT2D eigenvalue weighted by molar-refractivity contribution is 7.89. The molecule has 7 nitrogen and oxygen atoms in total. The molecule has 0 fully saturated rings. The van der Waals surface area contributed by atoms with Crippen molar-refractivity contribution in [2.75, 3.05) is 6.61 Å². The van der Waals surface area contributed by atoms with E-state index in [2.05, 4.69) is 12.0 Å². The summed E-state index contributed by atoms with van der Waals surface area (Å²) >= 11 is 0. The third-order valence-electron chi connectivity index (χ3n) is 2.94. The number of hydrazine groups is 1. The van der Waals surface area contributed by atoms with E-state index in [1.54, 1.807) is 32.9 Å². The molecule has 134 valence electrons. The Morgan fingerprint density at radius 3 is 2.33 bits per heavy atom. The molecule has 1 aromatic rings. The Kier molecular flexibility index (Phi) is 6.53. The van der Waals surface area contributed by atoms with Gasteiger partial charge < -0.3 is 9.84 Å². The molecule has 1 amide bonds. The van der Waals surface area contributed by atoms with Gasteiger partial charge in [0.1, 0.15) is 5.60 Å². The van der Waals surface area contributed by atoms with Gasteiger partial charge in [-0.3, -0.25) is 0 Å². The highest BCUT2D eigenvalue weighted by Gasteiger charge is 2.32. The number of carbonyl (C=O) groups excluding carboxylic acids is 1. The smallest absolute Gasteiger partial charge is 0.423 e. The first kappa shape index (κ1) is 20.1. The van der Waals surface area contributed by atoms with Crippen molar-refractivity contribution in [2.45, 2.75) is 44.2 Å². The zero-order valence-electron chi connectivity index (χ0n) is 14.3. The van der Waals surface area contributed by atoms with E-state index < -0.39 is 34.4 Å². The molecule has 0 spiro atoms. The minimum absolute atomic E-state index is 0.0236. The number of hydrogen-bond donors (Lipinski definition) is 2. The van der Waals surface area contributed by atoms with Crippen LogP contribution in [0.25, 0.3) is 0 Å². The van der Waals surface area contributed by atoms with E-state index in [0.29, 0.717) is 4.41 Å². The van der Waals surface area contributed by atoms with Gasteiger partial charge in [-0.2, -0.15) is 0 Å². The van der Waals surface area contributed by atoms with Crippen molar-refractivity contribution >= 4 is 16.1 Å². The Hall–Kier alpha value is -1.90. The Balaban J connectivity index is 3.20. The lowest BCUT2D eigenvalue weighted by molar-refractivity contribution is 0.0386. The number of nitrogens with zero attached hydrogens (tertiary/aromatic N) is 1. The molecule has 0 bridgehead atoms. The topological polar surface area (TPSA) is 95.9 Å². The molecule has 0 aliphatic rings. The lowest BCUT2D eigenvalue weighted by atomic mass is 10.2. The Bertz CT molecular complexity index is 677. The standard InChI is InChI=1S/C16H24N2O5S/c1-6-13(11-19)18(17-15(20)23-16(3,4)5)24(21,22)14-9-7-12(2)8-10-14/h6-10,13,19H,1,11H2,2-5H3,(H,17,20). The number of hydrogen-bond acceptors (Lipinski definition) is 5. The van der Waals surface area contributed by atoms with Crippen LogP contribution in [-0.4, -0.2) is 42.3 Å². The number of nitrogens with one attached hydrogen (secondary N) is 1. The van der Waals surface area contributed by atoms with Crippen LogP contribution in [0.2, 0.25) is 0 Å². The Labute approximate surface area is 143 Å². The van der Waals surface area contributed by atoms with E-state index >= 15 is 0 Å². The second-order valence-electron chi connectivity index (χ2n) is 6.21. The van der Waals surface area contributed by atoms with Crippen LogP contribution in [0, 0.1) is 6.92 Å². The summed E-state index contributed by atoms with van der Waals surface area (Å²) in [7, 11) is -4.10. The van der Waals surface area contributed by atoms with E-state index in [1.165, 1.54) is 18.2 Å². The fourth-order valence-corrected chi connectivity index (χ4v) is 3.19. The van der Waals surface area contributed by atoms with Gasteiger partial charge in [-0.05, 0) is 39.8 Å². The lowest BCUT2D eigenvalue weighted by Gasteiger charge is -2.29. The predicted octanol–water partition coefficient (Wildman–Crippen LogP) is 1.97. The molecule has 0 saturated heterocycles. The van der Waals surface area contributed by atoms with Crippen LogP contribution >= 0.6 is 0 Å². The van der Waals surface area contributed by atoms with Crippen molar-refractivity contribution in [1.29, 1.82) is 0 Å². The van der Waals surface area contributed by atoms with Crippen LogP contribution < -0.4 is 5.43 Å². The molecule has 0 heterocycles. The van der Waals surface area contributed by atoms with Crippen molar-refractivity contribution in [3.8, 4) is 0 Å². The maximum absolute atomic E-state index is 12.8. The minimum Gasteiger partial charge on any atom is -0.443 e. The zero-order valence-corrected chi connectivity index (χ0v) is 15.1. The molecule has 2 N–H and O–H groups in total. The average Bonchev–Trinajstić information content (AvgIpc) is 2.46. The zero-order chi connectivity index (χ0) is 18.5. The summed E-state index contributed by atoms with van der Waals surface area (Å²) in [6.45, 7) is 9.74. The van der Waals surface area contributed by atoms with Crippen LogP contribution in [0.4, 0.5) is 4.79 Å². The molecule has 1 aromatic carbocycles. The van der Waals surface area contributed by atoms with Gasteiger partial charge in [0, 0.05) is 0 Å². The van der Waals surface area contributed by atoms with Gasteiger partial charge in [-0.1, -0.05) is 28.2 Å². The first-order chi connectivity index (χ1) is 11.0. The third kappa shape index (κ3) is 5.33. The van der Waals surface area contributed by atoms with Crippen molar-refractivity contribution in [1.82, 2.24) is 9.84 Å². The number of aliphatic hydroxyl groups excluding tert-OH is 1. The number of aryl methyl sites for hydroxylation is 1.